The number of pyridine rings is 1. The van der Waals surface area contributed by atoms with Crippen molar-refractivity contribution in [2.75, 3.05) is 13.7 Å². The standard InChI is InChI=1S/C22H26N2O5/c1-13(2)10-19(22(27)28-3)24-20(25)12-29-21(26)16-11-18(14-8-9-14)23-17-7-5-4-6-15(16)17/h4-7,11,13-14,19H,8-10,12H2,1-3H3,(H,24,25)/t19-/m0/s1. The van der Waals surface area contributed by atoms with Crippen molar-refractivity contribution < 1.29 is 23.9 Å². The third-order valence-corrected chi connectivity index (χ3v) is 4.81. The number of aromatic nitrogens is 1. The summed E-state index contributed by atoms with van der Waals surface area (Å²) in [6.07, 6.45) is 2.56. The second-order valence-electron chi connectivity index (χ2n) is 7.74. The third-order valence-electron chi connectivity index (χ3n) is 4.81. The first-order chi connectivity index (χ1) is 13.9. The Balaban J connectivity index is 1.69. The molecule has 0 aliphatic heterocycles. The molecule has 1 aromatic carbocycles. The molecule has 1 aliphatic rings. The minimum absolute atomic E-state index is 0.186. The number of esters is 2. The van der Waals surface area contributed by atoms with Gasteiger partial charge in [-0.2, -0.15) is 0 Å². The molecule has 1 amide bonds. The summed E-state index contributed by atoms with van der Waals surface area (Å²) in [7, 11) is 1.27. The molecule has 2 aromatic rings. The third kappa shape index (κ3) is 5.31. The van der Waals surface area contributed by atoms with Crippen LogP contribution in [-0.2, 0) is 19.1 Å². The number of rotatable bonds is 8. The predicted octanol–water partition coefficient (Wildman–Crippen LogP) is 2.97. The second kappa shape index (κ2) is 9.03. The van der Waals surface area contributed by atoms with Crippen LogP contribution in [0.15, 0.2) is 30.3 Å². The molecule has 1 aliphatic carbocycles. The number of fused-ring (bicyclic) bond motifs is 1. The Morgan fingerprint density at radius 1 is 1.21 bits per heavy atom. The summed E-state index contributed by atoms with van der Waals surface area (Å²) >= 11 is 0. The van der Waals surface area contributed by atoms with Crippen molar-refractivity contribution in [2.45, 2.75) is 45.1 Å². The van der Waals surface area contributed by atoms with Crippen molar-refractivity contribution >= 4 is 28.7 Å². The van der Waals surface area contributed by atoms with E-state index in [1.165, 1.54) is 7.11 Å². The summed E-state index contributed by atoms with van der Waals surface area (Å²) in [5, 5.41) is 3.27. The first kappa shape index (κ1) is 20.8. The van der Waals surface area contributed by atoms with Gasteiger partial charge in [-0.1, -0.05) is 32.0 Å². The van der Waals surface area contributed by atoms with Crippen LogP contribution < -0.4 is 5.32 Å². The average molecular weight is 398 g/mol. The fourth-order valence-corrected chi connectivity index (χ4v) is 3.23. The van der Waals surface area contributed by atoms with Crippen molar-refractivity contribution in [1.82, 2.24) is 10.3 Å². The smallest absolute Gasteiger partial charge is 0.339 e. The van der Waals surface area contributed by atoms with Gasteiger partial charge in [0.05, 0.1) is 18.2 Å². The Morgan fingerprint density at radius 3 is 2.59 bits per heavy atom. The number of methoxy groups -OCH3 is 1. The number of nitrogens with one attached hydrogen (secondary N) is 1. The van der Waals surface area contributed by atoms with Gasteiger partial charge in [0.1, 0.15) is 6.04 Å². The lowest BCUT2D eigenvalue weighted by Crippen LogP contribution is -2.44. The molecule has 7 nitrogen and oxygen atoms in total. The van der Waals surface area contributed by atoms with Crippen molar-refractivity contribution in [1.29, 1.82) is 0 Å². The van der Waals surface area contributed by atoms with E-state index < -0.39 is 30.5 Å². The van der Waals surface area contributed by atoms with Crippen LogP contribution in [0, 0.1) is 5.92 Å². The first-order valence-electron chi connectivity index (χ1n) is 9.83. The molecule has 0 bridgehead atoms. The molecule has 1 heterocycles. The van der Waals surface area contributed by atoms with Crippen LogP contribution in [0.5, 0.6) is 0 Å². The fourth-order valence-electron chi connectivity index (χ4n) is 3.23. The molecule has 3 rings (SSSR count). The lowest BCUT2D eigenvalue weighted by Gasteiger charge is -2.18. The largest absolute Gasteiger partial charge is 0.467 e. The van der Waals surface area contributed by atoms with E-state index in [9.17, 15) is 14.4 Å². The maximum absolute atomic E-state index is 12.7. The lowest BCUT2D eigenvalue weighted by molar-refractivity contribution is -0.145. The zero-order chi connectivity index (χ0) is 21.0. The molecule has 7 heteroatoms. The summed E-state index contributed by atoms with van der Waals surface area (Å²) in [4.78, 5) is 41.4. The SMILES string of the molecule is COC(=O)[C@H](CC(C)C)NC(=O)COC(=O)c1cc(C2CC2)nc2ccccc12. The number of ether oxygens (including phenoxy) is 2. The number of amides is 1. The van der Waals surface area contributed by atoms with Crippen LogP contribution in [-0.4, -0.2) is 42.6 Å². The number of carbonyl (C=O) groups is 3. The van der Waals surface area contributed by atoms with Gasteiger partial charge < -0.3 is 14.8 Å². The summed E-state index contributed by atoms with van der Waals surface area (Å²) in [5.41, 5.74) is 2.01. The Morgan fingerprint density at radius 2 is 1.93 bits per heavy atom. The van der Waals surface area contributed by atoms with E-state index in [1.54, 1.807) is 6.07 Å². The van der Waals surface area contributed by atoms with Gasteiger partial charge in [-0.05, 0) is 37.3 Å². The van der Waals surface area contributed by atoms with Gasteiger partial charge in [0.2, 0.25) is 0 Å². The van der Waals surface area contributed by atoms with E-state index >= 15 is 0 Å². The number of hydrogen-bond acceptors (Lipinski definition) is 6. The number of hydrogen-bond donors (Lipinski definition) is 1. The van der Waals surface area contributed by atoms with Crippen molar-refractivity contribution in [3.63, 3.8) is 0 Å². The van der Waals surface area contributed by atoms with Crippen LogP contribution in [0.3, 0.4) is 0 Å². The molecule has 0 radical (unpaired) electrons. The minimum Gasteiger partial charge on any atom is -0.467 e. The highest BCUT2D eigenvalue weighted by Gasteiger charge is 2.28. The topological polar surface area (TPSA) is 94.6 Å². The normalized spacial score (nSPS) is 14.5. The molecule has 0 saturated heterocycles. The quantitative estimate of drug-likeness (QED) is 0.687. The van der Waals surface area contributed by atoms with E-state index in [1.807, 2.05) is 38.1 Å². The van der Waals surface area contributed by atoms with Crippen LogP contribution in [0.4, 0.5) is 0 Å². The van der Waals surface area contributed by atoms with Crippen LogP contribution in [0.25, 0.3) is 10.9 Å². The average Bonchev–Trinajstić information content (AvgIpc) is 3.55. The van der Waals surface area contributed by atoms with Gasteiger partial charge >= 0.3 is 11.9 Å². The molecule has 1 N–H and O–H groups in total. The molecule has 0 unspecified atom stereocenters. The molecular formula is C22H26N2O5. The van der Waals surface area contributed by atoms with Crippen LogP contribution in [0.2, 0.25) is 0 Å². The minimum atomic E-state index is -0.769. The Bertz CT molecular complexity index is 921. The molecule has 1 saturated carbocycles. The molecule has 1 fully saturated rings. The summed E-state index contributed by atoms with van der Waals surface area (Å²) in [6.45, 7) is 3.40. The first-order valence-corrected chi connectivity index (χ1v) is 9.83. The number of para-hydroxylation sites is 1. The second-order valence-corrected chi connectivity index (χ2v) is 7.74. The van der Waals surface area contributed by atoms with E-state index in [0.717, 1.165) is 24.1 Å². The summed E-state index contributed by atoms with van der Waals surface area (Å²) in [5.74, 6) is -1.08. The predicted molar refractivity (Wildman–Crippen MR) is 107 cm³/mol. The number of benzene rings is 1. The van der Waals surface area contributed by atoms with E-state index in [0.29, 0.717) is 23.3 Å². The van der Waals surface area contributed by atoms with Gasteiger partial charge in [0.25, 0.3) is 5.91 Å². The molecule has 0 spiro atoms. The Hall–Kier alpha value is -2.96. The van der Waals surface area contributed by atoms with E-state index in [4.69, 9.17) is 9.47 Å². The molecule has 1 atom stereocenters. The lowest BCUT2D eigenvalue weighted by atomic mass is 10.0. The maximum Gasteiger partial charge on any atom is 0.339 e. The highest BCUT2D eigenvalue weighted by atomic mass is 16.5. The highest BCUT2D eigenvalue weighted by molar-refractivity contribution is 6.04. The van der Waals surface area contributed by atoms with Gasteiger partial charge in [-0.15, -0.1) is 0 Å². The van der Waals surface area contributed by atoms with Crippen molar-refractivity contribution in [3.05, 3.63) is 41.6 Å². The van der Waals surface area contributed by atoms with Gasteiger partial charge in [0.15, 0.2) is 6.61 Å². The molecular weight excluding hydrogens is 372 g/mol. The number of carbonyl (C=O) groups excluding carboxylic acids is 3. The van der Waals surface area contributed by atoms with E-state index in [-0.39, 0.29) is 5.92 Å². The summed E-state index contributed by atoms with van der Waals surface area (Å²) in [6, 6.07) is 8.36. The van der Waals surface area contributed by atoms with Crippen molar-refractivity contribution in [3.8, 4) is 0 Å². The van der Waals surface area contributed by atoms with Gasteiger partial charge in [0, 0.05) is 17.0 Å². The maximum atomic E-state index is 12.7. The Kier molecular flexibility index (Phi) is 6.46. The zero-order valence-corrected chi connectivity index (χ0v) is 16.9. The monoisotopic (exact) mass is 398 g/mol. The van der Waals surface area contributed by atoms with Gasteiger partial charge in [-0.3, -0.25) is 9.78 Å². The van der Waals surface area contributed by atoms with E-state index in [2.05, 4.69) is 10.3 Å². The van der Waals surface area contributed by atoms with Crippen LogP contribution >= 0.6 is 0 Å². The molecule has 154 valence electrons. The van der Waals surface area contributed by atoms with Gasteiger partial charge in [-0.25, -0.2) is 9.59 Å². The zero-order valence-electron chi connectivity index (χ0n) is 16.9. The highest BCUT2D eigenvalue weighted by Crippen LogP contribution is 2.40. The Labute approximate surface area is 169 Å². The summed E-state index contributed by atoms with van der Waals surface area (Å²) < 4.78 is 9.97. The number of nitrogens with zero attached hydrogens (tertiary/aromatic N) is 1. The van der Waals surface area contributed by atoms with Crippen LogP contribution in [0.1, 0.15) is 55.1 Å². The van der Waals surface area contributed by atoms with Crippen molar-refractivity contribution in [2.24, 2.45) is 5.92 Å². The molecule has 1 aromatic heterocycles. The fraction of sp³-hybridized carbons (Fsp3) is 0.455. The molecule has 29 heavy (non-hydrogen) atoms.